The van der Waals surface area contributed by atoms with E-state index in [0.717, 1.165) is 23.4 Å². The van der Waals surface area contributed by atoms with Gasteiger partial charge >= 0.3 is 0 Å². The minimum absolute atomic E-state index is 0.0825. The number of rotatable bonds is 9. The van der Waals surface area contributed by atoms with E-state index in [1.54, 1.807) is 12.5 Å². The summed E-state index contributed by atoms with van der Waals surface area (Å²) in [6.07, 6.45) is 5.47. The standard InChI is InChI=1S/C22H24N4O2S/c1-17-3-2-4-20(11-17)25-22(28)15-29-14-21(27)24-12-18-5-7-19(8-6-18)13-26-10-9-23-16-26/h2-11,16H,12-15H2,1H3,(H,24,27)(H,25,28). The Balaban J connectivity index is 1.34. The van der Waals surface area contributed by atoms with Gasteiger partial charge in [-0.05, 0) is 35.7 Å². The highest BCUT2D eigenvalue weighted by Gasteiger charge is 2.06. The topological polar surface area (TPSA) is 76.0 Å². The Bertz CT molecular complexity index is 940. The zero-order valence-corrected chi connectivity index (χ0v) is 17.1. The Labute approximate surface area is 174 Å². The Morgan fingerprint density at radius 2 is 1.79 bits per heavy atom. The summed E-state index contributed by atoms with van der Waals surface area (Å²) < 4.78 is 2.00. The Morgan fingerprint density at radius 3 is 2.52 bits per heavy atom. The van der Waals surface area contributed by atoms with Crippen LogP contribution in [0.5, 0.6) is 0 Å². The minimum atomic E-state index is -0.109. The van der Waals surface area contributed by atoms with Gasteiger partial charge in [-0.1, -0.05) is 36.4 Å². The zero-order valence-electron chi connectivity index (χ0n) is 16.3. The predicted molar refractivity (Wildman–Crippen MR) is 117 cm³/mol. The monoisotopic (exact) mass is 408 g/mol. The van der Waals surface area contributed by atoms with Crippen LogP contribution in [0.1, 0.15) is 16.7 Å². The van der Waals surface area contributed by atoms with E-state index in [9.17, 15) is 9.59 Å². The van der Waals surface area contributed by atoms with Gasteiger partial charge in [0, 0.05) is 31.2 Å². The molecule has 3 rings (SSSR count). The number of carbonyl (C=O) groups is 2. The molecule has 0 aliphatic rings. The third-order valence-corrected chi connectivity index (χ3v) is 5.14. The summed E-state index contributed by atoms with van der Waals surface area (Å²) in [7, 11) is 0. The van der Waals surface area contributed by atoms with Crippen molar-refractivity contribution in [1.29, 1.82) is 0 Å². The number of imidazole rings is 1. The molecule has 0 aliphatic carbocycles. The third-order valence-electron chi connectivity index (χ3n) is 4.21. The SMILES string of the molecule is Cc1cccc(NC(=O)CSCC(=O)NCc2ccc(Cn3ccnc3)cc2)c1. The van der Waals surface area contributed by atoms with E-state index < -0.39 is 0 Å². The van der Waals surface area contributed by atoms with E-state index in [0.29, 0.717) is 6.54 Å². The fraction of sp³-hybridized carbons (Fsp3) is 0.227. The molecule has 150 valence electrons. The van der Waals surface area contributed by atoms with Crippen molar-refractivity contribution in [3.63, 3.8) is 0 Å². The lowest BCUT2D eigenvalue weighted by Crippen LogP contribution is -2.25. The molecule has 7 heteroatoms. The maximum atomic E-state index is 12.0. The van der Waals surface area contributed by atoms with Gasteiger partial charge in [0.1, 0.15) is 0 Å². The number of benzene rings is 2. The highest BCUT2D eigenvalue weighted by molar-refractivity contribution is 8.00. The highest BCUT2D eigenvalue weighted by Crippen LogP contribution is 2.11. The molecule has 2 amide bonds. The number of anilines is 1. The minimum Gasteiger partial charge on any atom is -0.351 e. The summed E-state index contributed by atoms with van der Waals surface area (Å²) in [5.74, 6) is 0.298. The number of aromatic nitrogens is 2. The molecule has 3 aromatic rings. The lowest BCUT2D eigenvalue weighted by Gasteiger charge is -2.08. The zero-order chi connectivity index (χ0) is 20.5. The summed E-state index contributed by atoms with van der Waals surface area (Å²) in [6.45, 7) is 3.22. The van der Waals surface area contributed by atoms with Crippen LogP contribution in [0.4, 0.5) is 5.69 Å². The Hall–Kier alpha value is -3.06. The summed E-state index contributed by atoms with van der Waals surface area (Å²) in [5, 5.41) is 5.73. The second kappa shape index (κ2) is 10.5. The van der Waals surface area contributed by atoms with Crippen molar-refractivity contribution in [1.82, 2.24) is 14.9 Å². The Morgan fingerprint density at radius 1 is 1.03 bits per heavy atom. The van der Waals surface area contributed by atoms with Crippen LogP contribution in [-0.4, -0.2) is 32.9 Å². The number of hydrogen-bond donors (Lipinski definition) is 2. The second-order valence-corrected chi connectivity index (χ2v) is 7.72. The molecule has 2 N–H and O–H groups in total. The van der Waals surface area contributed by atoms with Gasteiger partial charge in [0.05, 0.1) is 17.8 Å². The van der Waals surface area contributed by atoms with Crippen LogP contribution in [0.2, 0.25) is 0 Å². The van der Waals surface area contributed by atoms with Crippen molar-refractivity contribution in [2.24, 2.45) is 0 Å². The fourth-order valence-corrected chi connectivity index (χ4v) is 3.41. The maximum Gasteiger partial charge on any atom is 0.234 e. The Kier molecular flexibility index (Phi) is 7.47. The van der Waals surface area contributed by atoms with Crippen molar-refractivity contribution in [2.75, 3.05) is 16.8 Å². The van der Waals surface area contributed by atoms with E-state index in [1.807, 2.05) is 66.2 Å². The summed E-state index contributed by atoms with van der Waals surface area (Å²) in [6, 6.07) is 15.7. The van der Waals surface area contributed by atoms with Crippen molar-refractivity contribution in [3.05, 3.63) is 83.9 Å². The van der Waals surface area contributed by atoms with Crippen molar-refractivity contribution < 1.29 is 9.59 Å². The van der Waals surface area contributed by atoms with Gasteiger partial charge in [-0.15, -0.1) is 11.8 Å². The molecular weight excluding hydrogens is 384 g/mol. The number of aryl methyl sites for hydroxylation is 1. The number of thioether (sulfide) groups is 1. The van der Waals surface area contributed by atoms with E-state index in [4.69, 9.17) is 0 Å². The molecular formula is C22H24N4O2S. The van der Waals surface area contributed by atoms with Crippen molar-refractivity contribution in [2.45, 2.75) is 20.0 Å². The normalized spacial score (nSPS) is 10.5. The quantitative estimate of drug-likeness (QED) is 0.570. The van der Waals surface area contributed by atoms with Gasteiger partial charge < -0.3 is 15.2 Å². The molecule has 1 heterocycles. The summed E-state index contributed by atoms with van der Waals surface area (Å²) in [4.78, 5) is 28.0. The van der Waals surface area contributed by atoms with Crippen LogP contribution >= 0.6 is 11.8 Å². The van der Waals surface area contributed by atoms with E-state index in [-0.39, 0.29) is 23.3 Å². The third kappa shape index (κ3) is 7.12. The summed E-state index contributed by atoms with van der Waals surface area (Å²) >= 11 is 1.30. The number of amides is 2. The molecule has 2 aromatic carbocycles. The van der Waals surface area contributed by atoms with E-state index in [2.05, 4.69) is 15.6 Å². The molecule has 29 heavy (non-hydrogen) atoms. The lowest BCUT2D eigenvalue weighted by atomic mass is 10.1. The number of nitrogens with zero attached hydrogens (tertiary/aromatic N) is 2. The van der Waals surface area contributed by atoms with Crippen molar-refractivity contribution in [3.8, 4) is 0 Å². The first kappa shape index (κ1) is 20.7. The maximum absolute atomic E-state index is 12.0. The average Bonchev–Trinajstić information content (AvgIpc) is 3.20. The van der Waals surface area contributed by atoms with E-state index in [1.165, 1.54) is 17.3 Å². The van der Waals surface area contributed by atoms with Gasteiger partial charge in [0.25, 0.3) is 0 Å². The van der Waals surface area contributed by atoms with Gasteiger partial charge in [-0.25, -0.2) is 4.98 Å². The molecule has 0 atom stereocenters. The fourth-order valence-electron chi connectivity index (χ4n) is 2.76. The molecule has 1 aromatic heterocycles. The molecule has 0 saturated heterocycles. The van der Waals surface area contributed by atoms with Crippen LogP contribution in [0.25, 0.3) is 0 Å². The average molecular weight is 409 g/mol. The first-order valence-electron chi connectivity index (χ1n) is 9.33. The smallest absolute Gasteiger partial charge is 0.234 e. The molecule has 6 nitrogen and oxygen atoms in total. The van der Waals surface area contributed by atoms with E-state index >= 15 is 0 Å². The van der Waals surface area contributed by atoms with Gasteiger partial charge in [-0.2, -0.15) is 0 Å². The van der Waals surface area contributed by atoms with Gasteiger partial charge in [0.15, 0.2) is 0 Å². The van der Waals surface area contributed by atoms with Crippen LogP contribution in [0.3, 0.4) is 0 Å². The molecule has 0 fully saturated rings. The highest BCUT2D eigenvalue weighted by atomic mass is 32.2. The van der Waals surface area contributed by atoms with Crippen LogP contribution < -0.4 is 10.6 Å². The van der Waals surface area contributed by atoms with Crippen LogP contribution in [0, 0.1) is 6.92 Å². The lowest BCUT2D eigenvalue weighted by molar-refractivity contribution is -0.118. The van der Waals surface area contributed by atoms with Gasteiger partial charge in [0.2, 0.25) is 11.8 Å². The number of nitrogens with one attached hydrogen (secondary N) is 2. The number of hydrogen-bond acceptors (Lipinski definition) is 4. The predicted octanol–water partition coefficient (Wildman–Crippen LogP) is 3.23. The number of carbonyl (C=O) groups excluding carboxylic acids is 2. The largest absolute Gasteiger partial charge is 0.351 e. The molecule has 0 spiro atoms. The van der Waals surface area contributed by atoms with Crippen molar-refractivity contribution >= 4 is 29.3 Å². The molecule has 0 unspecified atom stereocenters. The second-order valence-electron chi connectivity index (χ2n) is 6.74. The molecule has 0 aliphatic heterocycles. The van der Waals surface area contributed by atoms with Crippen LogP contribution in [-0.2, 0) is 22.7 Å². The van der Waals surface area contributed by atoms with Crippen LogP contribution in [0.15, 0.2) is 67.3 Å². The summed E-state index contributed by atoms with van der Waals surface area (Å²) in [5.41, 5.74) is 4.07. The van der Waals surface area contributed by atoms with Gasteiger partial charge in [-0.3, -0.25) is 9.59 Å². The molecule has 0 saturated carbocycles. The first-order chi connectivity index (χ1) is 14.1. The molecule has 0 bridgehead atoms. The first-order valence-corrected chi connectivity index (χ1v) is 10.5. The molecule has 0 radical (unpaired) electrons.